The summed E-state index contributed by atoms with van der Waals surface area (Å²) in [4.78, 5) is 38.3. The van der Waals surface area contributed by atoms with Crippen molar-refractivity contribution in [3.8, 4) is 11.8 Å². The Morgan fingerprint density at radius 1 is 1.29 bits per heavy atom. The number of nitrogens with one attached hydrogen (secondary N) is 1. The van der Waals surface area contributed by atoms with Crippen LogP contribution in [0.3, 0.4) is 0 Å². The molecule has 0 saturated heterocycles. The minimum atomic E-state index is -0.683. The molecule has 0 aliphatic carbocycles. The quantitative estimate of drug-likeness (QED) is 0.578. The van der Waals surface area contributed by atoms with Gasteiger partial charge >= 0.3 is 5.97 Å². The zero-order valence-corrected chi connectivity index (χ0v) is 15.7. The summed E-state index contributed by atoms with van der Waals surface area (Å²) in [6.45, 7) is 2.80. The van der Waals surface area contributed by atoms with Crippen molar-refractivity contribution in [3.63, 3.8) is 0 Å². The Morgan fingerprint density at radius 3 is 2.61 bits per heavy atom. The molecule has 0 spiro atoms. The van der Waals surface area contributed by atoms with Crippen LogP contribution in [0.5, 0.6) is 5.75 Å². The van der Waals surface area contributed by atoms with E-state index < -0.39 is 29.7 Å². The highest BCUT2D eigenvalue weighted by atomic mass is 19.1. The second kappa shape index (κ2) is 8.95. The molecule has 28 heavy (non-hydrogen) atoms. The number of hydrogen-bond acceptors (Lipinski definition) is 6. The Morgan fingerprint density at radius 2 is 2.00 bits per heavy atom. The molecule has 0 unspecified atom stereocenters. The first-order valence-corrected chi connectivity index (χ1v) is 8.43. The fourth-order valence-electron chi connectivity index (χ4n) is 2.79. The molecular formula is C20H19FN2O5. The molecule has 146 valence electrons. The van der Waals surface area contributed by atoms with Gasteiger partial charge < -0.3 is 14.5 Å². The third-order valence-electron chi connectivity index (χ3n) is 4.34. The first-order chi connectivity index (χ1) is 13.3. The predicted molar refractivity (Wildman–Crippen MR) is 97.8 cm³/mol. The van der Waals surface area contributed by atoms with Gasteiger partial charge in [-0.3, -0.25) is 14.4 Å². The molecule has 0 amide bonds. The number of ketones is 1. The summed E-state index contributed by atoms with van der Waals surface area (Å²) in [6.07, 6.45) is 0.205. The topological polar surface area (TPSA) is 109 Å². The Hall–Kier alpha value is -3.47. The van der Waals surface area contributed by atoms with E-state index in [1.54, 1.807) is 13.8 Å². The first-order valence-electron chi connectivity index (χ1n) is 8.43. The number of aromatic nitrogens is 1. The lowest BCUT2D eigenvalue weighted by Crippen LogP contribution is -2.18. The van der Waals surface area contributed by atoms with Gasteiger partial charge in [-0.2, -0.15) is 5.26 Å². The largest absolute Gasteiger partial charge is 0.494 e. The number of nitriles is 1. The lowest BCUT2D eigenvalue weighted by Gasteiger charge is -2.10. The number of H-pyrrole nitrogens is 1. The fraction of sp³-hybridized carbons (Fsp3) is 0.300. The molecule has 0 saturated carbocycles. The molecule has 0 fully saturated rings. The standard InChI is InChI=1S/C20H19FN2O5/c1-11-14(12(2)23-20(26)15(11)9-22)5-7-19(25)28-10-17(24)13-4-6-18(27-3)16(21)8-13/h4,6,8H,5,7,10H2,1-3H3,(H,23,26). The maximum atomic E-state index is 13.7. The van der Waals surface area contributed by atoms with E-state index in [-0.39, 0.29) is 29.7 Å². The summed E-state index contributed by atoms with van der Waals surface area (Å²) < 4.78 is 23.4. The van der Waals surface area contributed by atoms with Crippen LogP contribution in [0.4, 0.5) is 4.39 Å². The van der Waals surface area contributed by atoms with E-state index in [0.29, 0.717) is 16.8 Å². The lowest BCUT2D eigenvalue weighted by molar-refractivity contribution is -0.142. The number of ether oxygens (including phenoxy) is 2. The second-order valence-electron chi connectivity index (χ2n) is 6.10. The van der Waals surface area contributed by atoms with Crippen molar-refractivity contribution >= 4 is 11.8 Å². The summed E-state index contributed by atoms with van der Waals surface area (Å²) in [5.41, 5.74) is 1.36. The minimum absolute atomic E-state index is 0.00526. The number of carbonyl (C=O) groups excluding carboxylic acids is 2. The fourth-order valence-corrected chi connectivity index (χ4v) is 2.79. The molecule has 0 aliphatic rings. The van der Waals surface area contributed by atoms with Gasteiger partial charge in [-0.05, 0) is 49.6 Å². The zero-order valence-electron chi connectivity index (χ0n) is 15.7. The highest BCUT2D eigenvalue weighted by molar-refractivity contribution is 5.98. The molecule has 2 aromatic rings. The van der Waals surface area contributed by atoms with Crippen LogP contribution in [0.1, 0.15) is 39.2 Å². The van der Waals surface area contributed by atoms with Crippen molar-refractivity contribution in [1.82, 2.24) is 4.98 Å². The number of aromatic amines is 1. The van der Waals surface area contributed by atoms with Gasteiger partial charge in [-0.1, -0.05) is 0 Å². The van der Waals surface area contributed by atoms with E-state index in [4.69, 9.17) is 14.7 Å². The number of esters is 1. The Kier molecular flexibility index (Phi) is 6.66. The maximum absolute atomic E-state index is 13.7. The van der Waals surface area contributed by atoms with Crippen LogP contribution in [0, 0.1) is 31.0 Å². The van der Waals surface area contributed by atoms with Crippen LogP contribution in [-0.4, -0.2) is 30.5 Å². The monoisotopic (exact) mass is 386 g/mol. The molecular weight excluding hydrogens is 367 g/mol. The summed E-state index contributed by atoms with van der Waals surface area (Å²) >= 11 is 0. The molecule has 0 aliphatic heterocycles. The van der Waals surface area contributed by atoms with Crippen LogP contribution in [0.25, 0.3) is 0 Å². The van der Waals surface area contributed by atoms with Crippen LogP contribution in [-0.2, 0) is 16.0 Å². The van der Waals surface area contributed by atoms with E-state index in [1.807, 2.05) is 6.07 Å². The van der Waals surface area contributed by atoms with Gasteiger partial charge in [0.05, 0.1) is 7.11 Å². The summed E-state index contributed by atoms with van der Waals surface area (Å²) in [7, 11) is 1.31. The van der Waals surface area contributed by atoms with E-state index in [0.717, 1.165) is 6.07 Å². The van der Waals surface area contributed by atoms with Crippen LogP contribution in [0.15, 0.2) is 23.0 Å². The average Bonchev–Trinajstić information content (AvgIpc) is 2.65. The highest BCUT2D eigenvalue weighted by Gasteiger charge is 2.16. The summed E-state index contributed by atoms with van der Waals surface area (Å²) in [5.74, 6) is -1.84. The van der Waals surface area contributed by atoms with E-state index in [9.17, 15) is 18.8 Å². The number of carbonyl (C=O) groups is 2. The zero-order chi connectivity index (χ0) is 20.8. The van der Waals surface area contributed by atoms with Gasteiger partial charge in [-0.25, -0.2) is 4.39 Å². The van der Waals surface area contributed by atoms with Gasteiger partial charge in [0.15, 0.2) is 24.0 Å². The minimum Gasteiger partial charge on any atom is -0.494 e. The van der Waals surface area contributed by atoms with Crippen LogP contribution < -0.4 is 10.3 Å². The number of pyridine rings is 1. The van der Waals surface area contributed by atoms with Gasteiger partial charge in [0, 0.05) is 17.7 Å². The van der Waals surface area contributed by atoms with Crippen molar-refractivity contribution in [2.75, 3.05) is 13.7 Å². The van der Waals surface area contributed by atoms with Crippen LogP contribution in [0.2, 0.25) is 0 Å². The first kappa shape index (κ1) is 20.8. The molecule has 8 heteroatoms. The number of hydrogen-bond donors (Lipinski definition) is 1. The maximum Gasteiger partial charge on any atom is 0.306 e. The second-order valence-corrected chi connectivity index (χ2v) is 6.10. The van der Waals surface area contributed by atoms with E-state index in [1.165, 1.54) is 19.2 Å². The number of halogens is 1. The Bertz CT molecular complexity index is 1020. The molecule has 0 bridgehead atoms. The number of benzene rings is 1. The summed E-state index contributed by atoms with van der Waals surface area (Å²) in [6, 6.07) is 5.57. The van der Waals surface area contributed by atoms with Crippen molar-refractivity contribution < 1.29 is 23.5 Å². The number of aryl methyl sites for hydroxylation is 1. The molecule has 7 nitrogen and oxygen atoms in total. The van der Waals surface area contributed by atoms with Crippen molar-refractivity contribution in [2.24, 2.45) is 0 Å². The predicted octanol–water partition coefficient (Wildman–Crippen LogP) is 2.37. The van der Waals surface area contributed by atoms with E-state index in [2.05, 4.69) is 4.98 Å². The normalized spacial score (nSPS) is 10.2. The van der Waals surface area contributed by atoms with Gasteiger partial charge in [0.25, 0.3) is 5.56 Å². The molecule has 1 aromatic carbocycles. The molecule has 1 heterocycles. The molecule has 0 atom stereocenters. The number of Topliss-reactive ketones (excluding diaryl/α,β-unsaturated/α-hetero) is 1. The highest BCUT2D eigenvalue weighted by Crippen LogP contribution is 2.18. The van der Waals surface area contributed by atoms with E-state index >= 15 is 0 Å². The van der Waals surface area contributed by atoms with Gasteiger partial charge in [0.2, 0.25) is 0 Å². The van der Waals surface area contributed by atoms with Crippen molar-refractivity contribution in [3.05, 3.63) is 62.3 Å². The average molecular weight is 386 g/mol. The smallest absolute Gasteiger partial charge is 0.306 e. The molecule has 1 aromatic heterocycles. The third-order valence-corrected chi connectivity index (χ3v) is 4.34. The van der Waals surface area contributed by atoms with Crippen LogP contribution >= 0.6 is 0 Å². The number of nitrogens with zero attached hydrogens (tertiary/aromatic N) is 1. The van der Waals surface area contributed by atoms with Gasteiger partial charge in [0.1, 0.15) is 11.6 Å². The Balaban J connectivity index is 1.97. The molecule has 1 N–H and O–H groups in total. The Labute approximate surface area is 160 Å². The molecule has 2 rings (SSSR count). The van der Waals surface area contributed by atoms with Crippen molar-refractivity contribution in [1.29, 1.82) is 5.26 Å². The molecule has 0 radical (unpaired) electrons. The van der Waals surface area contributed by atoms with Gasteiger partial charge in [-0.15, -0.1) is 0 Å². The number of rotatable bonds is 7. The lowest BCUT2D eigenvalue weighted by atomic mass is 9.99. The third kappa shape index (κ3) is 4.62. The van der Waals surface area contributed by atoms with Crippen molar-refractivity contribution in [2.45, 2.75) is 26.7 Å². The SMILES string of the molecule is COc1ccc(C(=O)COC(=O)CCc2c(C)[nH]c(=O)c(C#N)c2C)cc1F. The summed E-state index contributed by atoms with van der Waals surface area (Å²) in [5, 5.41) is 9.06. The number of methoxy groups -OCH3 is 1.